The highest BCUT2D eigenvalue weighted by molar-refractivity contribution is 5.49. The summed E-state index contributed by atoms with van der Waals surface area (Å²) in [6, 6.07) is 7.90. The average molecular weight is 248 g/mol. The van der Waals surface area contributed by atoms with Gasteiger partial charge in [-0.15, -0.1) is 0 Å². The van der Waals surface area contributed by atoms with E-state index < -0.39 is 0 Å². The van der Waals surface area contributed by atoms with Crippen molar-refractivity contribution in [3.8, 4) is 5.75 Å². The SMILES string of the molecule is C=Cc1cccc(OC(CC)OCCCCC)c1. The minimum Gasteiger partial charge on any atom is -0.465 e. The lowest BCUT2D eigenvalue weighted by Gasteiger charge is -2.18. The van der Waals surface area contributed by atoms with Gasteiger partial charge in [-0.2, -0.15) is 0 Å². The van der Waals surface area contributed by atoms with Gasteiger partial charge >= 0.3 is 0 Å². The zero-order chi connectivity index (χ0) is 13.2. The van der Waals surface area contributed by atoms with Crippen molar-refractivity contribution in [2.24, 2.45) is 0 Å². The number of hydrogen-bond donors (Lipinski definition) is 0. The van der Waals surface area contributed by atoms with Gasteiger partial charge in [0.2, 0.25) is 0 Å². The lowest BCUT2D eigenvalue weighted by atomic mass is 10.2. The maximum atomic E-state index is 5.82. The topological polar surface area (TPSA) is 18.5 Å². The van der Waals surface area contributed by atoms with Gasteiger partial charge in [-0.05, 0) is 24.1 Å². The molecule has 0 spiro atoms. The largest absolute Gasteiger partial charge is 0.465 e. The molecule has 2 nitrogen and oxygen atoms in total. The number of rotatable bonds is 9. The Morgan fingerprint density at radius 1 is 1.28 bits per heavy atom. The first-order chi connectivity index (χ1) is 8.80. The van der Waals surface area contributed by atoms with Crippen LogP contribution in [-0.4, -0.2) is 12.9 Å². The molecule has 0 aliphatic rings. The van der Waals surface area contributed by atoms with Crippen molar-refractivity contribution in [3.63, 3.8) is 0 Å². The summed E-state index contributed by atoms with van der Waals surface area (Å²) in [6.45, 7) is 8.79. The van der Waals surface area contributed by atoms with Gasteiger partial charge in [0.1, 0.15) is 5.75 Å². The van der Waals surface area contributed by atoms with Crippen LogP contribution in [0.2, 0.25) is 0 Å². The van der Waals surface area contributed by atoms with Gasteiger partial charge in [0.25, 0.3) is 0 Å². The highest BCUT2D eigenvalue weighted by Crippen LogP contribution is 2.17. The Bertz CT molecular complexity index is 347. The van der Waals surface area contributed by atoms with Crippen molar-refractivity contribution in [3.05, 3.63) is 36.4 Å². The fraction of sp³-hybridized carbons (Fsp3) is 0.500. The maximum absolute atomic E-state index is 5.82. The Morgan fingerprint density at radius 3 is 2.78 bits per heavy atom. The van der Waals surface area contributed by atoms with E-state index in [0.717, 1.165) is 30.8 Å². The highest BCUT2D eigenvalue weighted by Gasteiger charge is 2.07. The van der Waals surface area contributed by atoms with Crippen molar-refractivity contribution in [2.45, 2.75) is 45.8 Å². The monoisotopic (exact) mass is 248 g/mol. The Labute approximate surface area is 111 Å². The Morgan fingerprint density at radius 2 is 2.11 bits per heavy atom. The minimum atomic E-state index is -0.151. The predicted octanol–water partition coefficient (Wildman–Crippen LogP) is 4.65. The van der Waals surface area contributed by atoms with E-state index in [4.69, 9.17) is 9.47 Å². The fourth-order valence-electron chi connectivity index (χ4n) is 1.67. The Hall–Kier alpha value is -1.28. The number of benzene rings is 1. The molecule has 0 aliphatic carbocycles. The molecule has 1 atom stereocenters. The van der Waals surface area contributed by atoms with Crippen LogP contribution in [0.15, 0.2) is 30.8 Å². The quantitative estimate of drug-likeness (QED) is 0.468. The molecule has 0 bridgehead atoms. The van der Waals surface area contributed by atoms with Gasteiger partial charge in [0.15, 0.2) is 6.29 Å². The van der Waals surface area contributed by atoms with Gasteiger partial charge in [0.05, 0.1) is 6.61 Å². The molecular weight excluding hydrogens is 224 g/mol. The summed E-state index contributed by atoms with van der Waals surface area (Å²) < 4.78 is 11.5. The van der Waals surface area contributed by atoms with Crippen LogP contribution in [0.4, 0.5) is 0 Å². The molecule has 100 valence electrons. The van der Waals surface area contributed by atoms with Crippen LogP contribution >= 0.6 is 0 Å². The smallest absolute Gasteiger partial charge is 0.199 e. The van der Waals surface area contributed by atoms with Gasteiger partial charge in [0, 0.05) is 6.42 Å². The summed E-state index contributed by atoms with van der Waals surface area (Å²) in [5.41, 5.74) is 1.06. The number of unbranched alkanes of at least 4 members (excludes halogenated alkanes) is 2. The van der Waals surface area contributed by atoms with E-state index in [1.54, 1.807) is 0 Å². The minimum absolute atomic E-state index is 0.151. The van der Waals surface area contributed by atoms with E-state index in [9.17, 15) is 0 Å². The Kier molecular flexibility index (Phi) is 7.19. The first kappa shape index (κ1) is 14.8. The van der Waals surface area contributed by atoms with Crippen molar-refractivity contribution in [2.75, 3.05) is 6.61 Å². The second kappa shape index (κ2) is 8.76. The highest BCUT2D eigenvalue weighted by atomic mass is 16.7. The molecule has 1 unspecified atom stereocenters. The molecule has 1 rings (SSSR count). The van der Waals surface area contributed by atoms with E-state index in [2.05, 4.69) is 20.4 Å². The van der Waals surface area contributed by atoms with Crippen molar-refractivity contribution in [1.82, 2.24) is 0 Å². The second-order valence-corrected chi connectivity index (χ2v) is 4.31. The summed E-state index contributed by atoms with van der Waals surface area (Å²) in [5.74, 6) is 0.842. The van der Waals surface area contributed by atoms with Crippen molar-refractivity contribution in [1.29, 1.82) is 0 Å². The zero-order valence-electron chi connectivity index (χ0n) is 11.5. The third-order valence-electron chi connectivity index (χ3n) is 2.75. The van der Waals surface area contributed by atoms with Crippen LogP contribution in [-0.2, 0) is 4.74 Å². The third kappa shape index (κ3) is 5.37. The molecule has 0 aliphatic heterocycles. The molecule has 1 aromatic carbocycles. The molecule has 18 heavy (non-hydrogen) atoms. The van der Waals surface area contributed by atoms with Crippen molar-refractivity contribution >= 4 is 6.08 Å². The van der Waals surface area contributed by atoms with Gasteiger partial charge in [-0.3, -0.25) is 0 Å². The maximum Gasteiger partial charge on any atom is 0.199 e. The first-order valence-electron chi connectivity index (χ1n) is 6.80. The van der Waals surface area contributed by atoms with Gasteiger partial charge < -0.3 is 9.47 Å². The van der Waals surface area contributed by atoms with Gasteiger partial charge in [-0.1, -0.05) is 51.5 Å². The van der Waals surface area contributed by atoms with Gasteiger partial charge in [-0.25, -0.2) is 0 Å². The van der Waals surface area contributed by atoms with E-state index in [0.29, 0.717) is 0 Å². The van der Waals surface area contributed by atoms with Crippen molar-refractivity contribution < 1.29 is 9.47 Å². The van der Waals surface area contributed by atoms with Crippen LogP contribution in [0.3, 0.4) is 0 Å². The summed E-state index contributed by atoms with van der Waals surface area (Å²) in [5, 5.41) is 0. The molecule has 0 heterocycles. The molecule has 0 amide bonds. The van der Waals surface area contributed by atoms with E-state index >= 15 is 0 Å². The molecule has 0 fully saturated rings. The lowest BCUT2D eigenvalue weighted by Crippen LogP contribution is -2.20. The molecule has 0 N–H and O–H groups in total. The lowest BCUT2D eigenvalue weighted by molar-refractivity contribution is -0.0825. The van der Waals surface area contributed by atoms with E-state index in [1.807, 2.05) is 30.3 Å². The van der Waals surface area contributed by atoms with E-state index in [1.165, 1.54) is 12.8 Å². The summed E-state index contributed by atoms with van der Waals surface area (Å²) in [4.78, 5) is 0. The third-order valence-corrected chi connectivity index (χ3v) is 2.75. The predicted molar refractivity (Wildman–Crippen MR) is 76.7 cm³/mol. The number of hydrogen-bond acceptors (Lipinski definition) is 2. The molecule has 0 aromatic heterocycles. The van der Waals surface area contributed by atoms with Crippen LogP contribution in [0.5, 0.6) is 5.75 Å². The molecule has 0 saturated heterocycles. The summed E-state index contributed by atoms with van der Waals surface area (Å²) in [6.07, 6.45) is 6.04. The van der Waals surface area contributed by atoms with Crippen LogP contribution < -0.4 is 4.74 Å². The average Bonchev–Trinajstić information content (AvgIpc) is 2.42. The van der Waals surface area contributed by atoms with Crippen LogP contribution in [0, 0.1) is 0 Å². The fourth-order valence-corrected chi connectivity index (χ4v) is 1.67. The van der Waals surface area contributed by atoms with Crippen LogP contribution in [0.1, 0.15) is 45.1 Å². The second-order valence-electron chi connectivity index (χ2n) is 4.31. The zero-order valence-corrected chi connectivity index (χ0v) is 11.5. The van der Waals surface area contributed by atoms with E-state index in [-0.39, 0.29) is 6.29 Å². The number of ether oxygens (including phenoxy) is 2. The Balaban J connectivity index is 2.43. The molecule has 0 saturated carbocycles. The normalized spacial score (nSPS) is 12.1. The standard InChI is InChI=1S/C16H24O2/c1-4-7-8-12-17-16(6-3)18-15-11-9-10-14(5-2)13-15/h5,9-11,13,16H,2,4,6-8,12H2,1,3H3. The molecule has 1 aromatic rings. The molecular formula is C16H24O2. The molecule has 0 radical (unpaired) electrons. The summed E-state index contributed by atoms with van der Waals surface area (Å²) >= 11 is 0. The first-order valence-corrected chi connectivity index (χ1v) is 6.80. The van der Waals surface area contributed by atoms with Crippen LogP contribution in [0.25, 0.3) is 6.08 Å². The molecule has 2 heteroatoms. The summed E-state index contributed by atoms with van der Waals surface area (Å²) in [7, 11) is 0.